The van der Waals surface area contributed by atoms with Crippen LogP contribution in [-0.2, 0) is 0 Å². The van der Waals surface area contributed by atoms with E-state index in [9.17, 15) is 27.7 Å². The number of benzene rings is 2. The van der Waals surface area contributed by atoms with E-state index in [1.807, 2.05) is 0 Å². The zero-order valence-corrected chi connectivity index (χ0v) is 10.2. The highest BCUT2D eigenvalue weighted by molar-refractivity contribution is 5.67. The lowest BCUT2D eigenvalue weighted by Gasteiger charge is -2.10. The first-order valence-electron chi connectivity index (χ1n) is 5.56. The molecule has 0 amide bonds. The van der Waals surface area contributed by atoms with Crippen LogP contribution in [-0.4, -0.2) is 11.3 Å². The van der Waals surface area contributed by atoms with Crippen molar-refractivity contribution in [2.45, 2.75) is 6.36 Å². The van der Waals surface area contributed by atoms with E-state index in [4.69, 9.17) is 0 Å². The third-order valence-corrected chi connectivity index (χ3v) is 2.54. The van der Waals surface area contributed by atoms with Crippen LogP contribution in [0.1, 0.15) is 0 Å². The van der Waals surface area contributed by atoms with Crippen molar-refractivity contribution in [1.29, 1.82) is 0 Å². The van der Waals surface area contributed by atoms with Gasteiger partial charge in [-0.25, -0.2) is 4.39 Å². The third kappa shape index (κ3) is 3.68. The molecule has 4 nitrogen and oxygen atoms in total. The van der Waals surface area contributed by atoms with Gasteiger partial charge in [-0.2, -0.15) is 0 Å². The Kier molecular flexibility index (Phi) is 3.79. The normalized spacial score (nSPS) is 11.2. The predicted molar refractivity (Wildman–Crippen MR) is 65.2 cm³/mol. The summed E-state index contributed by atoms with van der Waals surface area (Å²) in [5, 5.41) is 10.5. The molecule has 21 heavy (non-hydrogen) atoms. The summed E-state index contributed by atoms with van der Waals surface area (Å²) in [5.41, 5.74) is -0.392. The van der Waals surface area contributed by atoms with Gasteiger partial charge in [0.05, 0.1) is 11.0 Å². The van der Waals surface area contributed by atoms with Crippen LogP contribution in [0.4, 0.5) is 23.2 Å². The number of hydrogen-bond donors (Lipinski definition) is 0. The van der Waals surface area contributed by atoms with E-state index in [1.54, 1.807) is 0 Å². The van der Waals surface area contributed by atoms with E-state index < -0.39 is 28.5 Å². The molecule has 0 spiro atoms. The van der Waals surface area contributed by atoms with Gasteiger partial charge in [-0.15, -0.1) is 13.2 Å². The van der Waals surface area contributed by atoms with Gasteiger partial charge in [-0.05, 0) is 23.8 Å². The molecule has 2 rings (SSSR count). The lowest BCUT2D eigenvalue weighted by atomic mass is 10.0. The van der Waals surface area contributed by atoms with Crippen molar-refractivity contribution < 1.29 is 27.2 Å². The van der Waals surface area contributed by atoms with Crippen LogP contribution in [0.15, 0.2) is 42.5 Å². The molecule has 2 aromatic rings. The first kappa shape index (κ1) is 14.8. The number of ether oxygens (including phenoxy) is 1. The number of hydrogen-bond acceptors (Lipinski definition) is 3. The van der Waals surface area contributed by atoms with E-state index >= 15 is 0 Å². The van der Waals surface area contributed by atoms with Gasteiger partial charge in [0.15, 0.2) is 0 Å². The standard InChI is InChI=1S/C13H7F4NO3/c14-12-7-9(18(19)20)4-5-11(12)8-2-1-3-10(6-8)21-13(15,16)17/h1-7H. The number of halogens is 4. The fourth-order valence-electron chi connectivity index (χ4n) is 1.71. The number of nitro groups is 1. The Bertz CT molecular complexity index is 685. The minimum atomic E-state index is -4.85. The first-order chi connectivity index (χ1) is 9.76. The van der Waals surface area contributed by atoms with Crippen molar-refractivity contribution in [3.63, 3.8) is 0 Å². The summed E-state index contributed by atoms with van der Waals surface area (Å²) >= 11 is 0. The maximum atomic E-state index is 13.8. The lowest BCUT2D eigenvalue weighted by Crippen LogP contribution is -2.17. The molecule has 0 saturated heterocycles. The third-order valence-electron chi connectivity index (χ3n) is 2.54. The Hall–Kier alpha value is -2.64. The summed E-state index contributed by atoms with van der Waals surface area (Å²) in [4.78, 5) is 9.74. The molecule has 0 aliphatic carbocycles. The summed E-state index contributed by atoms with van der Waals surface area (Å²) < 4.78 is 53.9. The van der Waals surface area contributed by atoms with E-state index in [0.717, 1.165) is 24.3 Å². The number of rotatable bonds is 3. The molecule has 8 heteroatoms. The van der Waals surface area contributed by atoms with Crippen molar-refractivity contribution in [3.05, 3.63) is 58.4 Å². The highest BCUT2D eigenvalue weighted by atomic mass is 19.4. The van der Waals surface area contributed by atoms with E-state index in [0.29, 0.717) is 6.07 Å². The second-order valence-corrected chi connectivity index (χ2v) is 4.00. The largest absolute Gasteiger partial charge is 0.573 e. The number of non-ortho nitro benzene ring substituents is 1. The van der Waals surface area contributed by atoms with Gasteiger partial charge >= 0.3 is 6.36 Å². The average Bonchev–Trinajstić information content (AvgIpc) is 2.36. The summed E-state index contributed by atoms with van der Waals surface area (Å²) in [6.45, 7) is 0. The van der Waals surface area contributed by atoms with Gasteiger partial charge in [0, 0.05) is 11.6 Å². The Labute approximate surface area is 115 Å². The molecule has 2 aromatic carbocycles. The topological polar surface area (TPSA) is 52.4 Å². The smallest absolute Gasteiger partial charge is 0.406 e. The van der Waals surface area contributed by atoms with Gasteiger partial charge < -0.3 is 4.74 Å². The molecule has 0 fully saturated rings. The minimum Gasteiger partial charge on any atom is -0.406 e. The molecule has 0 saturated carbocycles. The van der Waals surface area contributed by atoms with Crippen molar-refractivity contribution in [2.24, 2.45) is 0 Å². The maximum Gasteiger partial charge on any atom is 0.573 e. The molecule has 0 aliphatic rings. The molecule has 0 atom stereocenters. The van der Waals surface area contributed by atoms with Crippen LogP contribution in [0.2, 0.25) is 0 Å². The second kappa shape index (κ2) is 5.39. The zero-order valence-electron chi connectivity index (χ0n) is 10.2. The average molecular weight is 301 g/mol. The molecule has 0 bridgehead atoms. The summed E-state index contributed by atoms with van der Waals surface area (Å²) in [5.74, 6) is -1.41. The van der Waals surface area contributed by atoms with Crippen molar-refractivity contribution >= 4 is 5.69 Å². The van der Waals surface area contributed by atoms with Crippen LogP contribution >= 0.6 is 0 Å². The van der Waals surface area contributed by atoms with Crippen LogP contribution in [0.5, 0.6) is 5.75 Å². The maximum absolute atomic E-state index is 13.8. The van der Waals surface area contributed by atoms with E-state index in [-0.39, 0.29) is 11.1 Å². The van der Waals surface area contributed by atoms with Crippen LogP contribution in [0, 0.1) is 15.9 Å². The Morgan fingerprint density at radius 2 is 1.81 bits per heavy atom. The Balaban J connectivity index is 2.38. The number of nitro benzene ring substituents is 1. The van der Waals surface area contributed by atoms with Crippen LogP contribution in [0.25, 0.3) is 11.1 Å². The quantitative estimate of drug-likeness (QED) is 0.482. The van der Waals surface area contributed by atoms with E-state index in [1.165, 1.54) is 12.1 Å². The number of nitrogens with zero attached hydrogens (tertiary/aromatic N) is 1. The molecule has 0 aromatic heterocycles. The zero-order chi connectivity index (χ0) is 15.6. The number of alkyl halides is 3. The van der Waals surface area contributed by atoms with Gasteiger partial charge in [0.1, 0.15) is 11.6 Å². The van der Waals surface area contributed by atoms with Gasteiger partial charge in [-0.3, -0.25) is 10.1 Å². The Morgan fingerprint density at radius 3 is 2.38 bits per heavy atom. The minimum absolute atomic E-state index is 0.0618. The summed E-state index contributed by atoms with van der Waals surface area (Å²) in [6.07, 6.45) is -4.85. The predicted octanol–water partition coefficient (Wildman–Crippen LogP) is 4.30. The van der Waals surface area contributed by atoms with Crippen molar-refractivity contribution in [3.8, 4) is 16.9 Å². The summed E-state index contributed by atoms with van der Waals surface area (Å²) in [6, 6.07) is 7.59. The Morgan fingerprint density at radius 1 is 1.10 bits per heavy atom. The molecule has 0 unspecified atom stereocenters. The van der Waals surface area contributed by atoms with Gasteiger partial charge in [0.25, 0.3) is 5.69 Å². The van der Waals surface area contributed by atoms with Crippen LogP contribution in [0.3, 0.4) is 0 Å². The SMILES string of the molecule is O=[N+]([O-])c1ccc(-c2cccc(OC(F)(F)F)c2)c(F)c1. The first-order valence-corrected chi connectivity index (χ1v) is 5.56. The molecule has 0 heterocycles. The van der Waals surface area contributed by atoms with Crippen LogP contribution < -0.4 is 4.74 Å². The molecule has 0 radical (unpaired) electrons. The van der Waals surface area contributed by atoms with Crippen molar-refractivity contribution in [1.82, 2.24) is 0 Å². The monoisotopic (exact) mass is 301 g/mol. The molecular weight excluding hydrogens is 294 g/mol. The lowest BCUT2D eigenvalue weighted by molar-refractivity contribution is -0.385. The van der Waals surface area contributed by atoms with E-state index in [2.05, 4.69) is 4.74 Å². The molecular formula is C13H7F4NO3. The summed E-state index contributed by atoms with van der Waals surface area (Å²) in [7, 11) is 0. The molecule has 0 aliphatic heterocycles. The van der Waals surface area contributed by atoms with Gasteiger partial charge in [0.2, 0.25) is 0 Å². The van der Waals surface area contributed by atoms with Gasteiger partial charge in [-0.1, -0.05) is 12.1 Å². The van der Waals surface area contributed by atoms with Crippen molar-refractivity contribution in [2.75, 3.05) is 0 Å². The highest BCUT2D eigenvalue weighted by Gasteiger charge is 2.31. The molecule has 110 valence electrons. The fourth-order valence-corrected chi connectivity index (χ4v) is 1.71. The highest BCUT2D eigenvalue weighted by Crippen LogP contribution is 2.30. The molecule has 0 N–H and O–H groups in total. The second-order valence-electron chi connectivity index (χ2n) is 4.00. The fraction of sp³-hybridized carbons (Fsp3) is 0.0769.